The molecule has 1 fully saturated rings. The summed E-state index contributed by atoms with van der Waals surface area (Å²) in [5.41, 5.74) is 9.21. The molecule has 0 unspecified atom stereocenters. The van der Waals surface area contributed by atoms with Crippen molar-refractivity contribution in [2.75, 3.05) is 18.9 Å². The third-order valence-electron chi connectivity index (χ3n) is 2.85. The molecule has 0 spiro atoms. The quantitative estimate of drug-likeness (QED) is 0.599. The lowest BCUT2D eigenvalue weighted by Crippen LogP contribution is -2.26. The van der Waals surface area contributed by atoms with Gasteiger partial charge in [-0.2, -0.15) is 0 Å². The minimum absolute atomic E-state index is 0.358. The minimum Gasteiger partial charge on any atom is -0.398 e. The van der Waals surface area contributed by atoms with Crippen molar-refractivity contribution < 1.29 is 4.74 Å². The van der Waals surface area contributed by atoms with E-state index in [4.69, 9.17) is 27.5 Å². The Kier molecular flexibility index (Phi) is 2.67. The number of nitrogens with two attached hydrogens (primary N) is 1. The molecule has 1 aliphatic heterocycles. The zero-order valence-electron chi connectivity index (χ0n) is 8.51. The summed E-state index contributed by atoms with van der Waals surface area (Å²) in [5, 5.41) is 8.01. The van der Waals surface area contributed by atoms with E-state index in [2.05, 4.69) is 0 Å². The first-order valence-electron chi connectivity index (χ1n) is 4.81. The van der Waals surface area contributed by atoms with Crippen LogP contribution in [0.25, 0.3) is 0 Å². The highest BCUT2D eigenvalue weighted by Crippen LogP contribution is 2.36. The summed E-state index contributed by atoms with van der Waals surface area (Å²) in [6.45, 7) is 3.38. The fraction of sp³-hybridized carbons (Fsp3) is 0.364. The van der Waals surface area contributed by atoms with Gasteiger partial charge in [0.15, 0.2) is 0 Å². The standard InChI is InChI=1S/C11H13ClN2O/c1-6-8(3-13)10(14)2-9(12)11(6)7-4-15-5-7/h2-3,7,13H,4-5,14H2,1H3. The van der Waals surface area contributed by atoms with E-state index < -0.39 is 0 Å². The van der Waals surface area contributed by atoms with Crippen LogP contribution >= 0.6 is 11.6 Å². The summed E-state index contributed by atoms with van der Waals surface area (Å²) < 4.78 is 5.16. The van der Waals surface area contributed by atoms with Gasteiger partial charge in [0, 0.05) is 28.4 Å². The van der Waals surface area contributed by atoms with Gasteiger partial charge in [-0.25, -0.2) is 0 Å². The predicted molar refractivity (Wildman–Crippen MR) is 62.0 cm³/mol. The smallest absolute Gasteiger partial charge is 0.0557 e. The van der Waals surface area contributed by atoms with E-state index in [-0.39, 0.29) is 0 Å². The average molecular weight is 225 g/mol. The predicted octanol–water partition coefficient (Wildman–Crippen LogP) is 2.34. The van der Waals surface area contributed by atoms with Crippen molar-refractivity contribution in [2.45, 2.75) is 12.8 Å². The van der Waals surface area contributed by atoms with E-state index >= 15 is 0 Å². The Balaban J connectivity index is 2.57. The Morgan fingerprint density at radius 3 is 2.73 bits per heavy atom. The van der Waals surface area contributed by atoms with Gasteiger partial charge in [-0.3, -0.25) is 0 Å². The molecule has 1 saturated heterocycles. The normalized spacial score (nSPS) is 16.1. The molecule has 0 aromatic heterocycles. The van der Waals surface area contributed by atoms with Crippen LogP contribution in [0, 0.1) is 12.3 Å². The molecule has 15 heavy (non-hydrogen) atoms. The zero-order valence-corrected chi connectivity index (χ0v) is 9.27. The van der Waals surface area contributed by atoms with Crippen LogP contribution in [0.1, 0.15) is 22.6 Å². The fourth-order valence-corrected chi connectivity index (χ4v) is 2.34. The molecular weight excluding hydrogens is 212 g/mol. The van der Waals surface area contributed by atoms with Crippen molar-refractivity contribution in [1.29, 1.82) is 5.41 Å². The molecule has 1 heterocycles. The maximum Gasteiger partial charge on any atom is 0.0557 e. The number of anilines is 1. The van der Waals surface area contributed by atoms with Crippen LogP contribution in [0.15, 0.2) is 6.07 Å². The van der Waals surface area contributed by atoms with Crippen LogP contribution in [-0.2, 0) is 4.74 Å². The van der Waals surface area contributed by atoms with Crippen molar-refractivity contribution in [1.82, 2.24) is 0 Å². The first kappa shape index (κ1) is 10.5. The van der Waals surface area contributed by atoms with Gasteiger partial charge in [0.25, 0.3) is 0 Å². The van der Waals surface area contributed by atoms with Crippen LogP contribution < -0.4 is 5.73 Å². The van der Waals surface area contributed by atoms with Crippen LogP contribution in [0.3, 0.4) is 0 Å². The summed E-state index contributed by atoms with van der Waals surface area (Å²) in [6.07, 6.45) is 1.28. The molecule has 2 rings (SSSR count). The van der Waals surface area contributed by atoms with Gasteiger partial charge in [0.05, 0.1) is 13.2 Å². The number of rotatable bonds is 2. The van der Waals surface area contributed by atoms with Crippen LogP contribution in [0.2, 0.25) is 5.02 Å². The van der Waals surface area contributed by atoms with Crippen molar-refractivity contribution in [2.24, 2.45) is 0 Å². The minimum atomic E-state index is 0.358. The highest BCUT2D eigenvalue weighted by Gasteiger charge is 2.26. The van der Waals surface area contributed by atoms with E-state index in [1.54, 1.807) is 6.07 Å². The topological polar surface area (TPSA) is 59.1 Å². The number of nitrogens with one attached hydrogen (secondary N) is 1. The molecule has 0 saturated carbocycles. The molecule has 4 heteroatoms. The summed E-state index contributed by atoms with van der Waals surface area (Å²) in [7, 11) is 0. The third kappa shape index (κ3) is 1.62. The number of hydrogen-bond acceptors (Lipinski definition) is 3. The van der Waals surface area contributed by atoms with Crippen LogP contribution in [0.5, 0.6) is 0 Å². The largest absolute Gasteiger partial charge is 0.398 e. The Morgan fingerprint density at radius 1 is 1.60 bits per heavy atom. The maximum atomic E-state index is 7.33. The number of ether oxygens (including phenoxy) is 1. The van der Waals surface area contributed by atoms with Gasteiger partial charge >= 0.3 is 0 Å². The van der Waals surface area contributed by atoms with E-state index in [1.807, 2.05) is 6.92 Å². The monoisotopic (exact) mass is 224 g/mol. The Morgan fingerprint density at radius 2 is 2.27 bits per heavy atom. The molecule has 0 bridgehead atoms. The molecule has 0 radical (unpaired) electrons. The molecule has 1 aliphatic rings. The number of nitrogen functional groups attached to an aromatic ring is 1. The molecule has 80 valence electrons. The molecule has 0 aliphatic carbocycles. The van der Waals surface area contributed by atoms with Crippen LogP contribution in [0.4, 0.5) is 5.69 Å². The highest BCUT2D eigenvalue weighted by molar-refractivity contribution is 6.32. The Hall–Kier alpha value is -1.06. The fourth-order valence-electron chi connectivity index (χ4n) is 1.93. The van der Waals surface area contributed by atoms with Gasteiger partial charge in [-0.1, -0.05) is 11.6 Å². The molecule has 3 N–H and O–H groups in total. The van der Waals surface area contributed by atoms with Gasteiger partial charge in [0.2, 0.25) is 0 Å². The maximum absolute atomic E-state index is 7.33. The lowest BCUT2D eigenvalue weighted by atomic mass is 9.90. The molecule has 0 atom stereocenters. The van der Waals surface area contributed by atoms with Gasteiger partial charge in [-0.15, -0.1) is 0 Å². The third-order valence-corrected chi connectivity index (χ3v) is 3.16. The second-order valence-electron chi connectivity index (χ2n) is 3.78. The van der Waals surface area contributed by atoms with Crippen molar-refractivity contribution >= 4 is 23.5 Å². The van der Waals surface area contributed by atoms with E-state index in [0.29, 0.717) is 29.8 Å². The second kappa shape index (κ2) is 3.83. The second-order valence-corrected chi connectivity index (χ2v) is 4.19. The summed E-state index contributed by atoms with van der Waals surface area (Å²) in [5.74, 6) is 0.358. The summed E-state index contributed by atoms with van der Waals surface area (Å²) in [6, 6.07) is 1.72. The lowest BCUT2D eigenvalue weighted by Gasteiger charge is -2.29. The van der Waals surface area contributed by atoms with E-state index in [1.165, 1.54) is 6.21 Å². The first-order chi connectivity index (χ1) is 7.15. The number of halogens is 1. The van der Waals surface area contributed by atoms with Crippen molar-refractivity contribution in [3.8, 4) is 0 Å². The van der Waals surface area contributed by atoms with E-state index in [9.17, 15) is 0 Å². The van der Waals surface area contributed by atoms with Gasteiger partial charge in [-0.05, 0) is 24.1 Å². The van der Waals surface area contributed by atoms with Gasteiger partial charge in [0.1, 0.15) is 0 Å². The summed E-state index contributed by atoms with van der Waals surface area (Å²) in [4.78, 5) is 0. The Labute approximate surface area is 93.7 Å². The molecule has 3 nitrogen and oxygen atoms in total. The molecule has 1 aromatic rings. The van der Waals surface area contributed by atoms with Gasteiger partial charge < -0.3 is 15.9 Å². The van der Waals surface area contributed by atoms with E-state index in [0.717, 1.165) is 16.7 Å². The Bertz CT molecular complexity index is 414. The highest BCUT2D eigenvalue weighted by atomic mass is 35.5. The SMILES string of the molecule is Cc1c(C=N)c(N)cc(Cl)c1C1COC1. The number of hydrogen-bond donors (Lipinski definition) is 2. The zero-order chi connectivity index (χ0) is 11.0. The number of benzene rings is 1. The lowest BCUT2D eigenvalue weighted by molar-refractivity contribution is 0.00821. The average Bonchev–Trinajstić information content (AvgIpc) is 2.09. The van der Waals surface area contributed by atoms with Crippen LogP contribution in [-0.4, -0.2) is 19.4 Å². The molecule has 0 amide bonds. The summed E-state index contributed by atoms with van der Waals surface area (Å²) >= 11 is 6.16. The van der Waals surface area contributed by atoms with Crippen molar-refractivity contribution in [3.63, 3.8) is 0 Å². The van der Waals surface area contributed by atoms with Crippen molar-refractivity contribution in [3.05, 3.63) is 27.8 Å². The first-order valence-corrected chi connectivity index (χ1v) is 5.19. The molecule has 1 aromatic carbocycles. The molecular formula is C11H13ClN2O.